The Balaban J connectivity index is 2.50. The van der Waals surface area contributed by atoms with E-state index < -0.39 is 10.0 Å². The molecule has 0 spiro atoms. The Labute approximate surface area is 125 Å². The van der Waals surface area contributed by atoms with Gasteiger partial charge in [0.25, 0.3) is 0 Å². The highest BCUT2D eigenvalue weighted by Crippen LogP contribution is 2.34. The molecule has 0 bridgehead atoms. The summed E-state index contributed by atoms with van der Waals surface area (Å²) in [6.07, 6.45) is 0. The first-order valence-electron chi connectivity index (χ1n) is 5.68. The smallest absolute Gasteiger partial charge is 0.244 e. The number of halogens is 2. The van der Waals surface area contributed by atoms with Gasteiger partial charge in [0.15, 0.2) is 0 Å². The molecule has 0 saturated carbocycles. The largest absolute Gasteiger partial charge is 0.398 e. The van der Waals surface area contributed by atoms with Gasteiger partial charge in [-0.2, -0.15) is 4.31 Å². The SMILES string of the molecule is CC1COCCN1S(=O)(=O)c1cc(Cl)cc(N)c1Br. The highest BCUT2D eigenvalue weighted by Gasteiger charge is 2.33. The van der Waals surface area contributed by atoms with Crippen LogP contribution < -0.4 is 5.73 Å². The second-order valence-electron chi connectivity index (χ2n) is 4.35. The number of hydrogen-bond donors (Lipinski definition) is 1. The van der Waals surface area contributed by atoms with Gasteiger partial charge in [0.2, 0.25) is 10.0 Å². The van der Waals surface area contributed by atoms with E-state index in [4.69, 9.17) is 22.1 Å². The predicted molar refractivity (Wildman–Crippen MR) is 77.7 cm³/mol. The minimum atomic E-state index is -3.64. The van der Waals surface area contributed by atoms with Crippen LogP contribution in [-0.4, -0.2) is 38.5 Å². The summed E-state index contributed by atoms with van der Waals surface area (Å²) in [4.78, 5) is 0.0891. The Morgan fingerprint density at radius 1 is 1.53 bits per heavy atom. The molecule has 1 saturated heterocycles. The van der Waals surface area contributed by atoms with Crippen LogP contribution in [0.1, 0.15) is 6.92 Å². The molecule has 2 N–H and O–H groups in total. The van der Waals surface area contributed by atoms with Gasteiger partial charge in [-0.25, -0.2) is 8.42 Å². The summed E-state index contributed by atoms with van der Waals surface area (Å²) in [6, 6.07) is 2.69. The Hall–Kier alpha value is -0.340. The Morgan fingerprint density at radius 3 is 2.84 bits per heavy atom. The van der Waals surface area contributed by atoms with E-state index in [1.54, 1.807) is 6.92 Å². The number of anilines is 1. The van der Waals surface area contributed by atoms with Gasteiger partial charge < -0.3 is 10.5 Å². The van der Waals surface area contributed by atoms with Gasteiger partial charge in [0, 0.05) is 23.3 Å². The van der Waals surface area contributed by atoms with Crippen LogP contribution in [0.15, 0.2) is 21.5 Å². The number of nitrogens with zero attached hydrogens (tertiary/aromatic N) is 1. The molecule has 8 heteroatoms. The van der Waals surface area contributed by atoms with Crippen molar-refractivity contribution in [2.45, 2.75) is 17.9 Å². The Kier molecular flexibility index (Phi) is 4.42. The van der Waals surface area contributed by atoms with E-state index in [1.807, 2.05) is 0 Å². The fourth-order valence-electron chi connectivity index (χ4n) is 1.97. The van der Waals surface area contributed by atoms with E-state index in [9.17, 15) is 8.42 Å². The number of hydrogen-bond acceptors (Lipinski definition) is 4. The topological polar surface area (TPSA) is 72.6 Å². The van der Waals surface area contributed by atoms with Crippen LogP contribution in [-0.2, 0) is 14.8 Å². The van der Waals surface area contributed by atoms with E-state index in [0.717, 1.165) is 0 Å². The normalized spacial score (nSPS) is 21.5. The fourth-order valence-corrected chi connectivity index (χ4v) is 4.82. The van der Waals surface area contributed by atoms with Crippen LogP contribution >= 0.6 is 27.5 Å². The van der Waals surface area contributed by atoms with Crippen LogP contribution in [0.2, 0.25) is 5.02 Å². The lowest BCUT2D eigenvalue weighted by molar-refractivity contribution is 0.0392. The van der Waals surface area contributed by atoms with Crippen LogP contribution in [0.3, 0.4) is 0 Å². The molecule has 1 heterocycles. The maximum atomic E-state index is 12.6. The number of rotatable bonds is 2. The third kappa shape index (κ3) is 2.90. The number of nitrogen functional groups attached to an aromatic ring is 1. The van der Waals surface area contributed by atoms with Crippen molar-refractivity contribution in [3.05, 3.63) is 21.6 Å². The third-order valence-electron chi connectivity index (χ3n) is 2.93. The number of ether oxygens (including phenoxy) is 1. The molecule has 0 amide bonds. The number of benzene rings is 1. The monoisotopic (exact) mass is 368 g/mol. The first-order valence-corrected chi connectivity index (χ1v) is 8.29. The Bertz CT molecular complexity index is 594. The van der Waals surface area contributed by atoms with Gasteiger partial charge >= 0.3 is 0 Å². The standard InChI is InChI=1S/C11H14BrClN2O3S/c1-7-6-18-3-2-15(7)19(16,17)10-5-8(13)4-9(14)11(10)12/h4-5,7H,2-3,6,14H2,1H3. The van der Waals surface area contributed by atoms with Crippen molar-refractivity contribution in [1.82, 2.24) is 4.31 Å². The number of nitrogens with two attached hydrogens (primary N) is 1. The van der Waals surface area contributed by atoms with Crippen molar-refractivity contribution >= 4 is 43.2 Å². The van der Waals surface area contributed by atoms with Crippen molar-refractivity contribution in [1.29, 1.82) is 0 Å². The van der Waals surface area contributed by atoms with Gasteiger partial charge in [0.05, 0.1) is 22.6 Å². The molecule has 0 aromatic heterocycles. The van der Waals surface area contributed by atoms with E-state index in [-0.39, 0.29) is 10.9 Å². The molecule has 0 radical (unpaired) electrons. The number of sulfonamides is 1. The Morgan fingerprint density at radius 2 is 2.21 bits per heavy atom. The molecule has 2 rings (SSSR count). The van der Waals surface area contributed by atoms with Crippen LogP contribution in [0, 0.1) is 0 Å². The highest BCUT2D eigenvalue weighted by atomic mass is 79.9. The van der Waals surface area contributed by atoms with Crippen LogP contribution in [0.5, 0.6) is 0 Å². The van der Waals surface area contributed by atoms with Crippen molar-refractivity contribution in [2.75, 3.05) is 25.5 Å². The summed E-state index contributed by atoms with van der Waals surface area (Å²) in [7, 11) is -3.64. The lowest BCUT2D eigenvalue weighted by Gasteiger charge is -2.32. The second kappa shape index (κ2) is 5.57. The van der Waals surface area contributed by atoms with E-state index in [0.29, 0.717) is 34.9 Å². The van der Waals surface area contributed by atoms with Gasteiger partial charge in [-0.15, -0.1) is 0 Å². The van der Waals surface area contributed by atoms with Gasteiger partial charge in [-0.1, -0.05) is 11.6 Å². The van der Waals surface area contributed by atoms with Crippen molar-refractivity contribution in [3.63, 3.8) is 0 Å². The lowest BCUT2D eigenvalue weighted by Crippen LogP contribution is -2.47. The average Bonchev–Trinajstić information content (AvgIpc) is 2.34. The quantitative estimate of drug-likeness (QED) is 0.810. The zero-order chi connectivity index (χ0) is 14.2. The summed E-state index contributed by atoms with van der Waals surface area (Å²) >= 11 is 9.11. The fraction of sp³-hybridized carbons (Fsp3) is 0.455. The van der Waals surface area contributed by atoms with Gasteiger partial charge in [-0.3, -0.25) is 0 Å². The van der Waals surface area contributed by atoms with Crippen LogP contribution in [0.25, 0.3) is 0 Å². The molecular weight excluding hydrogens is 356 g/mol. The van der Waals surface area contributed by atoms with E-state index >= 15 is 0 Å². The molecule has 106 valence electrons. The third-order valence-corrected chi connectivity index (χ3v) is 6.33. The second-order valence-corrected chi connectivity index (χ2v) is 7.44. The number of morpholine rings is 1. The molecule has 1 fully saturated rings. The van der Waals surface area contributed by atoms with Crippen molar-refractivity contribution in [3.8, 4) is 0 Å². The molecule has 0 aliphatic carbocycles. The van der Waals surface area contributed by atoms with Crippen molar-refractivity contribution < 1.29 is 13.2 Å². The molecule has 1 unspecified atom stereocenters. The maximum Gasteiger partial charge on any atom is 0.244 e. The predicted octanol–water partition coefficient (Wildman–Crippen LogP) is 2.09. The minimum absolute atomic E-state index is 0.0891. The molecule has 1 aliphatic heterocycles. The molecule has 1 aromatic carbocycles. The average molecular weight is 370 g/mol. The minimum Gasteiger partial charge on any atom is -0.398 e. The highest BCUT2D eigenvalue weighted by molar-refractivity contribution is 9.10. The van der Waals surface area contributed by atoms with E-state index in [1.165, 1.54) is 16.4 Å². The summed E-state index contributed by atoms with van der Waals surface area (Å²) in [5.74, 6) is 0. The summed E-state index contributed by atoms with van der Waals surface area (Å²) in [5, 5.41) is 0.292. The van der Waals surface area contributed by atoms with Gasteiger partial charge in [0.1, 0.15) is 0 Å². The first-order chi connectivity index (χ1) is 8.84. The molecule has 1 aliphatic rings. The first kappa shape index (κ1) is 15.1. The molecule has 19 heavy (non-hydrogen) atoms. The molecular formula is C11H14BrClN2O3S. The summed E-state index contributed by atoms with van der Waals surface area (Å²) < 4.78 is 32.3. The zero-order valence-electron chi connectivity index (χ0n) is 10.3. The van der Waals surface area contributed by atoms with Crippen LogP contribution in [0.4, 0.5) is 5.69 Å². The van der Waals surface area contributed by atoms with E-state index in [2.05, 4.69) is 15.9 Å². The molecule has 1 aromatic rings. The molecule has 5 nitrogen and oxygen atoms in total. The summed E-state index contributed by atoms with van der Waals surface area (Å²) in [6.45, 7) is 2.89. The zero-order valence-corrected chi connectivity index (χ0v) is 13.4. The van der Waals surface area contributed by atoms with Gasteiger partial charge in [-0.05, 0) is 35.0 Å². The van der Waals surface area contributed by atoms with Crippen molar-refractivity contribution in [2.24, 2.45) is 0 Å². The summed E-state index contributed by atoms with van der Waals surface area (Å²) in [5.41, 5.74) is 6.04. The lowest BCUT2D eigenvalue weighted by atomic mass is 10.3. The molecule has 1 atom stereocenters. The maximum absolute atomic E-state index is 12.6.